The van der Waals surface area contributed by atoms with Crippen LogP contribution in [0, 0.1) is 0 Å². The molecule has 1 aliphatic rings. The van der Waals surface area contributed by atoms with Gasteiger partial charge in [0.2, 0.25) is 0 Å². The van der Waals surface area contributed by atoms with Gasteiger partial charge in [-0.15, -0.1) is 0 Å². The lowest BCUT2D eigenvalue weighted by Crippen LogP contribution is -2.20. The molecule has 0 fully saturated rings. The fraction of sp³-hybridized carbons (Fsp3) is 0.143. The molecule has 0 bridgehead atoms. The van der Waals surface area contributed by atoms with Crippen LogP contribution in [-0.4, -0.2) is 27.5 Å². The molecule has 0 unspecified atom stereocenters. The third kappa shape index (κ3) is 2.42. The summed E-state index contributed by atoms with van der Waals surface area (Å²) in [6.07, 6.45) is 4.08. The van der Waals surface area contributed by atoms with E-state index in [1.807, 2.05) is 6.07 Å². The van der Waals surface area contributed by atoms with E-state index < -0.39 is 0 Å². The normalized spacial score (nSPS) is 13.2. The van der Waals surface area contributed by atoms with Gasteiger partial charge in [0.05, 0.1) is 11.1 Å². The molecule has 1 aromatic heterocycles. The van der Waals surface area contributed by atoms with Crippen LogP contribution in [0.1, 0.15) is 26.3 Å². The number of fused-ring (bicyclic) bond motifs is 1. The first-order valence-corrected chi connectivity index (χ1v) is 7.11. The van der Waals surface area contributed by atoms with Gasteiger partial charge in [-0.3, -0.25) is 14.9 Å². The van der Waals surface area contributed by atoms with Gasteiger partial charge in [0.15, 0.2) is 5.16 Å². The van der Waals surface area contributed by atoms with Crippen LogP contribution in [0.4, 0.5) is 0 Å². The minimum atomic E-state index is -0.314. The van der Waals surface area contributed by atoms with E-state index in [2.05, 4.69) is 15.3 Å². The maximum absolute atomic E-state index is 11.8. The van der Waals surface area contributed by atoms with Crippen molar-refractivity contribution in [3.05, 3.63) is 53.3 Å². The molecule has 0 spiro atoms. The van der Waals surface area contributed by atoms with Crippen molar-refractivity contribution in [3.8, 4) is 0 Å². The molecular formula is C14H11N3O2S. The van der Waals surface area contributed by atoms with E-state index in [4.69, 9.17) is 0 Å². The zero-order chi connectivity index (χ0) is 13.9. The largest absolute Gasteiger partial charge is 0.288 e. The Morgan fingerprint density at radius 3 is 2.65 bits per heavy atom. The first kappa shape index (κ1) is 12.8. The van der Waals surface area contributed by atoms with Crippen LogP contribution in [0.3, 0.4) is 0 Å². The maximum atomic E-state index is 11.8. The van der Waals surface area contributed by atoms with Gasteiger partial charge in [-0.1, -0.05) is 23.9 Å². The Morgan fingerprint density at radius 1 is 1.05 bits per heavy atom. The first-order valence-electron chi connectivity index (χ1n) is 6.13. The zero-order valence-corrected chi connectivity index (χ0v) is 11.3. The van der Waals surface area contributed by atoms with Crippen LogP contribution in [-0.2, 0) is 6.42 Å². The van der Waals surface area contributed by atoms with E-state index in [0.717, 1.165) is 11.3 Å². The Bertz CT molecular complexity index is 673. The predicted octanol–water partition coefficient (Wildman–Crippen LogP) is 1.70. The number of imide groups is 1. The summed E-state index contributed by atoms with van der Waals surface area (Å²) in [6, 6.07) is 7.12. The summed E-state index contributed by atoms with van der Waals surface area (Å²) in [4.78, 5) is 31.6. The van der Waals surface area contributed by atoms with Crippen molar-refractivity contribution < 1.29 is 9.59 Å². The molecule has 2 amide bonds. The van der Waals surface area contributed by atoms with Crippen LogP contribution in [0.5, 0.6) is 0 Å². The highest BCUT2D eigenvalue weighted by Gasteiger charge is 2.28. The molecule has 1 aliphatic heterocycles. The number of hydrogen-bond acceptors (Lipinski definition) is 5. The second-order valence-electron chi connectivity index (χ2n) is 4.25. The molecule has 1 aromatic carbocycles. The number of aryl methyl sites for hydroxylation is 1. The molecule has 3 rings (SSSR count). The van der Waals surface area contributed by atoms with Crippen LogP contribution in [0.25, 0.3) is 0 Å². The standard InChI is InChI=1S/C14H11N3O2S/c18-12-10-4-1-3-9(11(10)13(19)17-12)5-8-20-14-15-6-2-7-16-14/h1-4,6-7H,5,8H2,(H,17,18,19). The molecule has 0 aliphatic carbocycles. The Labute approximate surface area is 119 Å². The summed E-state index contributed by atoms with van der Waals surface area (Å²) in [5.41, 5.74) is 1.86. The second-order valence-corrected chi connectivity index (χ2v) is 5.31. The number of carbonyl (C=O) groups excluding carboxylic acids is 2. The van der Waals surface area contributed by atoms with Gasteiger partial charge in [0.25, 0.3) is 11.8 Å². The third-order valence-electron chi connectivity index (χ3n) is 2.99. The molecule has 100 valence electrons. The first-order chi connectivity index (χ1) is 9.75. The predicted molar refractivity (Wildman–Crippen MR) is 74.7 cm³/mol. The number of hydrogen-bond donors (Lipinski definition) is 1. The number of aromatic nitrogens is 2. The monoisotopic (exact) mass is 285 g/mol. The van der Waals surface area contributed by atoms with Crippen molar-refractivity contribution in [2.24, 2.45) is 0 Å². The summed E-state index contributed by atoms with van der Waals surface area (Å²) < 4.78 is 0. The van der Waals surface area contributed by atoms with Crippen molar-refractivity contribution >= 4 is 23.6 Å². The van der Waals surface area contributed by atoms with Gasteiger partial charge in [0.1, 0.15) is 0 Å². The number of nitrogens with one attached hydrogen (secondary N) is 1. The number of carbonyl (C=O) groups is 2. The molecule has 6 heteroatoms. The summed E-state index contributed by atoms with van der Waals surface area (Å²) in [6.45, 7) is 0. The molecule has 2 heterocycles. The van der Waals surface area contributed by atoms with E-state index in [0.29, 0.717) is 22.7 Å². The van der Waals surface area contributed by atoms with Crippen molar-refractivity contribution in [2.45, 2.75) is 11.6 Å². The summed E-state index contributed by atoms with van der Waals surface area (Å²) >= 11 is 1.52. The van der Waals surface area contributed by atoms with Crippen LogP contribution >= 0.6 is 11.8 Å². The smallest absolute Gasteiger partial charge is 0.259 e. The molecule has 1 N–H and O–H groups in total. The van der Waals surface area contributed by atoms with Crippen LogP contribution < -0.4 is 5.32 Å². The van der Waals surface area contributed by atoms with Gasteiger partial charge >= 0.3 is 0 Å². The summed E-state index contributed by atoms with van der Waals surface area (Å²) in [5.74, 6) is 0.134. The maximum Gasteiger partial charge on any atom is 0.259 e. The van der Waals surface area contributed by atoms with Crippen molar-refractivity contribution in [2.75, 3.05) is 5.75 Å². The number of thioether (sulfide) groups is 1. The number of benzene rings is 1. The lowest BCUT2D eigenvalue weighted by atomic mass is 10.0. The highest BCUT2D eigenvalue weighted by Crippen LogP contribution is 2.22. The minimum absolute atomic E-state index is 0.304. The number of nitrogens with zero attached hydrogens (tertiary/aromatic N) is 2. The molecule has 0 radical (unpaired) electrons. The SMILES string of the molecule is O=C1NC(=O)c2c(CCSc3ncccn3)cccc21. The fourth-order valence-corrected chi connectivity index (χ4v) is 2.89. The van der Waals surface area contributed by atoms with E-state index in [9.17, 15) is 9.59 Å². The lowest BCUT2D eigenvalue weighted by molar-refractivity contribution is 0.0879. The van der Waals surface area contributed by atoms with E-state index in [1.165, 1.54) is 11.8 Å². The second kappa shape index (κ2) is 5.42. The van der Waals surface area contributed by atoms with Crippen LogP contribution in [0.2, 0.25) is 0 Å². The summed E-state index contributed by atoms with van der Waals surface area (Å²) in [5, 5.41) is 3.03. The van der Waals surface area contributed by atoms with Crippen LogP contribution in [0.15, 0.2) is 41.8 Å². The molecular weight excluding hydrogens is 274 g/mol. The Balaban J connectivity index is 1.73. The minimum Gasteiger partial charge on any atom is -0.288 e. The quantitative estimate of drug-likeness (QED) is 0.526. The fourth-order valence-electron chi connectivity index (χ4n) is 2.11. The van der Waals surface area contributed by atoms with Gasteiger partial charge < -0.3 is 0 Å². The Hall–Kier alpha value is -2.21. The highest BCUT2D eigenvalue weighted by atomic mass is 32.2. The number of rotatable bonds is 4. The highest BCUT2D eigenvalue weighted by molar-refractivity contribution is 7.99. The van der Waals surface area contributed by atoms with Crippen molar-refractivity contribution in [1.29, 1.82) is 0 Å². The van der Waals surface area contributed by atoms with E-state index >= 15 is 0 Å². The van der Waals surface area contributed by atoms with Crippen molar-refractivity contribution in [3.63, 3.8) is 0 Å². The average Bonchev–Trinajstić information content (AvgIpc) is 2.76. The molecule has 0 saturated carbocycles. The zero-order valence-electron chi connectivity index (χ0n) is 10.5. The average molecular weight is 285 g/mol. The summed E-state index contributed by atoms with van der Waals surface area (Å²) in [7, 11) is 0. The Morgan fingerprint density at radius 2 is 1.85 bits per heavy atom. The third-order valence-corrected chi connectivity index (χ3v) is 3.87. The van der Waals surface area contributed by atoms with E-state index in [-0.39, 0.29) is 11.8 Å². The van der Waals surface area contributed by atoms with Crippen molar-refractivity contribution in [1.82, 2.24) is 15.3 Å². The van der Waals surface area contributed by atoms with Gasteiger partial charge in [-0.2, -0.15) is 0 Å². The lowest BCUT2D eigenvalue weighted by Gasteiger charge is -2.05. The van der Waals surface area contributed by atoms with Gasteiger partial charge in [-0.05, 0) is 24.1 Å². The molecule has 20 heavy (non-hydrogen) atoms. The number of amides is 2. The van der Waals surface area contributed by atoms with Gasteiger partial charge in [-0.25, -0.2) is 9.97 Å². The topological polar surface area (TPSA) is 72.0 Å². The Kier molecular flexibility index (Phi) is 3.47. The molecule has 0 saturated heterocycles. The molecule has 0 atom stereocenters. The van der Waals surface area contributed by atoms with Gasteiger partial charge in [0, 0.05) is 18.1 Å². The molecule has 2 aromatic rings. The molecule has 5 nitrogen and oxygen atoms in total. The van der Waals surface area contributed by atoms with E-state index in [1.54, 1.807) is 30.6 Å².